The molecule has 86 valence electrons. The summed E-state index contributed by atoms with van der Waals surface area (Å²) in [5.41, 5.74) is 2.01. The molecule has 0 radical (unpaired) electrons. The predicted octanol–water partition coefficient (Wildman–Crippen LogP) is 4.18. The molecule has 1 heteroatoms. The van der Waals surface area contributed by atoms with Crippen molar-refractivity contribution >= 4 is 6.29 Å². The molecule has 0 saturated carbocycles. The summed E-state index contributed by atoms with van der Waals surface area (Å²) in [4.78, 5) is 10.5. The summed E-state index contributed by atoms with van der Waals surface area (Å²) in [5.74, 6) is 0. The summed E-state index contributed by atoms with van der Waals surface area (Å²) >= 11 is 0. The zero-order valence-corrected chi connectivity index (χ0v) is 9.99. The maximum absolute atomic E-state index is 10.5. The third-order valence-corrected chi connectivity index (χ3v) is 2.61. The van der Waals surface area contributed by atoms with Crippen LogP contribution in [-0.4, -0.2) is 6.29 Å². The highest BCUT2D eigenvalue weighted by Crippen LogP contribution is 2.05. The topological polar surface area (TPSA) is 17.1 Å². The average Bonchev–Trinajstić information content (AvgIpc) is 2.34. The Balaban J connectivity index is 2.28. The van der Waals surface area contributed by atoms with Gasteiger partial charge in [0.05, 0.1) is 0 Å². The second-order valence-corrected chi connectivity index (χ2v) is 4.03. The highest BCUT2D eigenvalue weighted by atomic mass is 16.1. The van der Waals surface area contributed by atoms with Crippen LogP contribution in [0.1, 0.15) is 48.5 Å². The number of rotatable bonds is 7. The highest BCUT2D eigenvalue weighted by Gasteiger charge is 1.91. The standard InChI is InChI=1S/C15H20O/c1-2-3-4-5-6-7-8-14-9-11-15(13-16)12-10-14/h6-7,9-13H,2-5,8H2,1H3. The second kappa shape index (κ2) is 7.86. The minimum atomic E-state index is 0.746. The molecule has 0 unspecified atom stereocenters. The first-order valence-electron chi connectivity index (χ1n) is 6.06. The maximum atomic E-state index is 10.5. The number of hydrogen-bond acceptors (Lipinski definition) is 1. The Morgan fingerprint density at radius 3 is 2.44 bits per heavy atom. The van der Waals surface area contributed by atoms with Crippen LogP contribution in [0, 0.1) is 0 Å². The van der Waals surface area contributed by atoms with Crippen LogP contribution in [0.2, 0.25) is 0 Å². The van der Waals surface area contributed by atoms with E-state index in [1.165, 1.54) is 31.2 Å². The number of benzene rings is 1. The van der Waals surface area contributed by atoms with Gasteiger partial charge in [0.1, 0.15) is 6.29 Å². The first-order valence-corrected chi connectivity index (χ1v) is 6.06. The fourth-order valence-electron chi connectivity index (χ4n) is 1.58. The van der Waals surface area contributed by atoms with Gasteiger partial charge in [-0.25, -0.2) is 0 Å². The van der Waals surface area contributed by atoms with E-state index in [0.717, 1.165) is 18.3 Å². The fourth-order valence-corrected chi connectivity index (χ4v) is 1.58. The highest BCUT2D eigenvalue weighted by molar-refractivity contribution is 5.74. The van der Waals surface area contributed by atoms with E-state index in [1.54, 1.807) is 0 Å². The van der Waals surface area contributed by atoms with Crippen LogP contribution in [0.15, 0.2) is 36.4 Å². The number of carbonyl (C=O) groups is 1. The lowest BCUT2D eigenvalue weighted by atomic mass is 10.1. The molecular formula is C15H20O. The molecule has 0 saturated heterocycles. The third kappa shape index (κ3) is 4.92. The van der Waals surface area contributed by atoms with E-state index in [4.69, 9.17) is 0 Å². The van der Waals surface area contributed by atoms with Crippen LogP contribution in [0.4, 0.5) is 0 Å². The van der Waals surface area contributed by atoms with Gasteiger partial charge in [-0.3, -0.25) is 4.79 Å². The number of hydrogen-bond donors (Lipinski definition) is 0. The van der Waals surface area contributed by atoms with Crippen molar-refractivity contribution in [3.8, 4) is 0 Å². The van der Waals surface area contributed by atoms with Crippen LogP contribution >= 0.6 is 0 Å². The van der Waals surface area contributed by atoms with Gasteiger partial charge in [0, 0.05) is 5.56 Å². The van der Waals surface area contributed by atoms with E-state index in [1.807, 2.05) is 24.3 Å². The van der Waals surface area contributed by atoms with Crippen molar-refractivity contribution in [1.29, 1.82) is 0 Å². The van der Waals surface area contributed by atoms with Crippen LogP contribution in [0.5, 0.6) is 0 Å². The van der Waals surface area contributed by atoms with Crippen molar-refractivity contribution in [2.24, 2.45) is 0 Å². The smallest absolute Gasteiger partial charge is 0.150 e. The molecule has 0 aliphatic rings. The predicted molar refractivity (Wildman–Crippen MR) is 68.8 cm³/mol. The number of aldehydes is 1. The van der Waals surface area contributed by atoms with Crippen LogP contribution in [0.25, 0.3) is 0 Å². The Bertz CT molecular complexity index is 322. The molecule has 1 rings (SSSR count). The molecular weight excluding hydrogens is 196 g/mol. The second-order valence-electron chi connectivity index (χ2n) is 4.03. The average molecular weight is 216 g/mol. The van der Waals surface area contributed by atoms with Gasteiger partial charge in [-0.15, -0.1) is 0 Å². The summed E-state index contributed by atoms with van der Waals surface area (Å²) in [6.45, 7) is 2.22. The lowest BCUT2D eigenvalue weighted by molar-refractivity contribution is 0.112. The monoisotopic (exact) mass is 216 g/mol. The molecule has 0 aliphatic heterocycles. The molecule has 0 heterocycles. The summed E-state index contributed by atoms with van der Waals surface area (Å²) in [7, 11) is 0. The Hall–Kier alpha value is -1.37. The van der Waals surface area contributed by atoms with E-state index < -0.39 is 0 Å². The van der Waals surface area contributed by atoms with E-state index in [2.05, 4.69) is 19.1 Å². The lowest BCUT2D eigenvalue weighted by Gasteiger charge is -1.96. The normalized spacial score (nSPS) is 10.8. The minimum absolute atomic E-state index is 0.746. The Kier molecular flexibility index (Phi) is 6.24. The van der Waals surface area contributed by atoms with Gasteiger partial charge < -0.3 is 0 Å². The van der Waals surface area contributed by atoms with E-state index in [9.17, 15) is 4.79 Å². The SMILES string of the molecule is CCCCCC=CCc1ccc(C=O)cc1. The molecule has 0 N–H and O–H groups in total. The van der Waals surface area contributed by atoms with Crippen LogP contribution in [0.3, 0.4) is 0 Å². The number of unbranched alkanes of at least 4 members (excludes halogenated alkanes) is 3. The van der Waals surface area contributed by atoms with Crippen molar-refractivity contribution in [3.63, 3.8) is 0 Å². The summed E-state index contributed by atoms with van der Waals surface area (Å²) < 4.78 is 0. The molecule has 0 aromatic heterocycles. The molecule has 0 fully saturated rings. The first-order chi connectivity index (χ1) is 7.86. The maximum Gasteiger partial charge on any atom is 0.150 e. The largest absolute Gasteiger partial charge is 0.298 e. The van der Waals surface area contributed by atoms with E-state index >= 15 is 0 Å². The molecule has 1 aromatic carbocycles. The van der Waals surface area contributed by atoms with Crippen molar-refractivity contribution in [2.45, 2.75) is 39.0 Å². The minimum Gasteiger partial charge on any atom is -0.298 e. The number of carbonyl (C=O) groups excluding carboxylic acids is 1. The van der Waals surface area contributed by atoms with Crippen molar-refractivity contribution in [1.82, 2.24) is 0 Å². The van der Waals surface area contributed by atoms with Gasteiger partial charge in [-0.2, -0.15) is 0 Å². The fraction of sp³-hybridized carbons (Fsp3) is 0.400. The first kappa shape index (κ1) is 12.7. The molecule has 0 spiro atoms. The molecule has 0 bridgehead atoms. The van der Waals surface area contributed by atoms with E-state index in [-0.39, 0.29) is 0 Å². The van der Waals surface area contributed by atoms with Gasteiger partial charge in [-0.05, 0) is 24.8 Å². The van der Waals surface area contributed by atoms with Gasteiger partial charge >= 0.3 is 0 Å². The summed E-state index contributed by atoms with van der Waals surface area (Å²) in [6.07, 6.45) is 11.4. The van der Waals surface area contributed by atoms with Gasteiger partial charge in [0.2, 0.25) is 0 Å². The van der Waals surface area contributed by atoms with Crippen molar-refractivity contribution in [2.75, 3.05) is 0 Å². The van der Waals surface area contributed by atoms with Gasteiger partial charge in [-0.1, -0.05) is 56.2 Å². The Morgan fingerprint density at radius 2 is 1.81 bits per heavy atom. The summed E-state index contributed by atoms with van der Waals surface area (Å²) in [5, 5.41) is 0. The molecule has 1 nitrogen and oxygen atoms in total. The van der Waals surface area contributed by atoms with Crippen molar-refractivity contribution in [3.05, 3.63) is 47.5 Å². The molecule has 0 aliphatic carbocycles. The third-order valence-electron chi connectivity index (χ3n) is 2.61. The zero-order valence-electron chi connectivity index (χ0n) is 9.99. The van der Waals surface area contributed by atoms with Crippen LogP contribution < -0.4 is 0 Å². The Labute approximate surface area is 98.2 Å². The van der Waals surface area contributed by atoms with Gasteiger partial charge in [0.25, 0.3) is 0 Å². The molecule has 0 atom stereocenters. The quantitative estimate of drug-likeness (QED) is 0.379. The molecule has 16 heavy (non-hydrogen) atoms. The lowest BCUT2D eigenvalue weighted by Crippen LogP contribution is -1.83. The number of allylic oxidation sites excluding steroid dienone is 2. The zero-order chi connectivity index (χ0) is 11.6. The van der Waals surface area contributed by atoms with Crippen molar-refractivity contribution < 1.29 is 4.79 Å². The van der Waals surface area contributed by atoms with E-state index in [0.29, 0.717) is 0 Å². The summed E-state index contributed by atoms with van der Waals surface area (Å²) in [6, 6.07) is 7.76. The van der Waals surface area contributed by atoms with Gasteiger partial charge in [0.15, 0.2) is 0 Å². The van der Waals surface area contributed by atoms with Crippen LogP contribution in [-0.2, 0) is 6.42 Å². The molecule has 1 aromatic rings. The Morgan fingerprint density at radius 1 is 1.06 bits per heavy atom. The molecule has 0 amide bonds.